The van der Waals surface area contributed by atoms with E-state index >= 15 is 0 Å². The van der Waals surface area contributed by atoms with Crippen LogP contribution >= 0.6 is 23.2 Å². The predicted molar refractivity (Wildman–Crippen MR) is 133 cm³/mol. The highest BCUT2D eigenvalue weighted by molar-refractivity contribution is 6.35. The van der Waals surface area contributed by atoms with E-state index in [9.17, 15) is 9.90 Å². The van der Waals surface area contributed by atoms with Gasteiger partial charge in [0.25, 0.3) is 5.91 Å². The van der Waals surface area contributed by atoms with Crippen LogP contribution in [0.1, 0.15) is 45.4 Å². The van der Waals surface area contributed by atoms with Crippen LogP contribution in [-0.4, -0.2) is 17.6 Å². The Kier molecular flexibility index (Phi) is 6.05. The van der Waals surface area contributed by atoms with Crippen molar-refractivity contribution >= 4 is 34.8 Å². The second-order valence-electron chi connectivity index (χ2n) is 8.56. The summed E-state index contributed by atoms with van der Waals surface area (Å²) in [4.78, 5) is 13.2. The fraction of sp³-hybridized carbons (Fsp3) is 0.222. The Morgan fingerprint density at radius 2 is 1.88 bits per heavy atom. The quantitative estimate of drug-likeness (QED) is 0.366. The summed E-state index contributed by atoms with van der Waals surface area (Å²) in [5.74, 6) is 0.232. The minimum Gasteiger partial charge on any atom is -0.506 e. The van der Waals surface area contributed by atoms with Crippen molar-refractivity contribution in [1.82, 2.24) is 5.32 Å². The van der Waals surface area contributed by atoms with Crippen molar-refractivity contribution in [2.24, 2.45) is 5.92 Å². The van der Waals surface area contributed by atoms with E-state index in [1.165, 1.54) is 11.6 Å². The van der Waals surface area contributed by atoms with Gasteiger partial charge in [-0.2, -0.15) is 0 Å². The molecule has 0 fully saturated rings. The molecule has 0 radical (unpaired) electrons. The summed E-state index contributed by atoms with van der Waals surface area (Å²) in [5.41, 5.74) is 4.31. The third-order valence-corrected chi connectivity index (χ3v) is 7.08. The van der Waals surface area contributed by atoms with E-state index < -0.39 is 0 Å². The number of phenolic OH excluding ortho intramolecular Hbond substituents is 1. The predicted octanol–water partition coefficient (Wildman–Crippen LogP) is 6.50. The van der Waals surface area contributed by atoms with Crippen LogP contribution in [0.3, 0.4) is 0 Å². The van der Waals surface area contributed by atoms with E-state index in [-0.39, 0.29) is 34.6 Å². The lowest BCUT2D eigenvalue weighted by Crippen LogP contribution is -2.32. The Hall–Kier alpha value is -2.95. The van der Waals surface area contributed by atoms with Gasteiger partial charge in [-0.25, -0.2) is 0 Å². The molecule has 33 heavy (non-hydrogen) atoms. The highest BCUT2D eigenvalue weighted by atomic mass is 35.5. The van der Waals surface area contributed by atoms with Crippen LogP contribution in [0.5, 0.6) is 5.75 Å². The third-order valence-electron chi connectivity index (χ3n) is 6.58. The Morgan fingerprint density at radius 3 is 2.70 bits per heavy atom. The number of anilines is 1. The molecule has 3 unspecified atom stereocenters. The molecule has 5 rings (SSSR count). The third kappa shape index (κ3) is 4.21. The molecule has 0 saturated heterocycles. The zero-order chi connectivity index (χ0) is 22.9. The summed E-state index contributed by atoms with van der Waals surface area (Å²) < 4.78 is 0. The Morgan fingerprint density at radius 1 is 1.06 bits per heavy atom. The molecular weight excluding hydrogens is 455 g/mol. The van der Waals surface area contributed by atoms with Gasteiger partial charge >= 0.3 is 0 Å². The van der Waals surface area contributed by atoms with E-state index in [4.69, 9.17) is 23.2 Å². The fourth-order valence-electron chi connectivity index (χ4n) is 5.00. The van der Waals surface area contributed by atoms with Crippen LogP contribution < -0.4 is 10.6 Å². The molecule has 3 N–H and O–H groups in total. The van der Waals surface area contributed by atoms with Crippen molar-refractivity contribution in [3.8, 4) is 5.75 Å². The standard InChI is InChI=1S/C27H24Cl2N2O2/c28-17-14-22(26(32)23(29)15-17)25-20-9-4-8-18(20)19-10-5-11-21(24(19)31-25)27(33)30-13-12-16-6-2-1-3-7-16/h1-8,10-11,14-15,18,20,25,31-32H,9,12-13H2,(H,30,33). The number of aromatic hydroxyl groups is 1. The number of nitrogens with one attached hydrogen (secondary N) is 2. The fourth-order valence-corrected chi connectivity index (χ4v) is 5.51. The maximum Gasteiger partial charge on any atom is 0.253 e. The SMILES string of the molecule is O=C(NCCc1ccccc1)c1cccc2c1NC(c1cc(Cl)cc(Cl)c1O)C1CC=CC21. The normalized spacial score (nSPS) is 20.6. The first kappa shape index (κ1) is 21.9. The van der Waals surface area contributed by atoms with Crippen molar-refractivity contribution in [1.29, 1.82) is 0 Å². The zero-order valence-corrected chi connectivity index (χ0v) is 19.4. The number of allylic oxidation sites excluding steroid dienone is 2. The van der Waals surface area contributed by atoms with Gasteiger partial charge in [0.1, 0.15) is 5.75 Å². The highest BCUT2D eigenvalue weighted by Gasteiger charge is 2.40. The number of fused-ring (bicyclic) bond motifs is 3. The monoisotopic (exact) mass is 478 g/mol. The van der Waals surface area contributed by atoms with E-state index in [1.54, 1.807) is 6.07 Å². The number of halogens is 2. The number of para-hydroxylation sites is 1. The molecule has 0 bridgehead atoms. The number of amides is 1. The minimum atomic E-state index is -0.230. The number of hydrogen-bond acceptors (Lipinski definition) is 3. The van der Waals surface area contributed by atoms with Gasteiger partial charge < -0.3 is 15.7 Å². The summed E-state index contributed by atoms with van der Waals surface area (Å²) in [7, 11) is 0. The molecule has 3 aromatic carbocycles. The maximum absolute atomic E-state index is 13.2. The Bertz CT molecular complexity index is 1230. The van der Waals surface area contributed by atoms with Crippen LogP contribution in [0.2, 0.25) is 10.0 Å². The topological polar surface area (TPSA) is 61.4 Å². The number of rotatable bonds is 5. The zero-order valence-electron chi connectivity index (χ0n) is 17.9. The van der Waals surface area contributed by atoms with E-state index in [2.05, 4.69) is 41.0 Å². The van der Waals surface area contributed by atoms with Crippen molar-refractivity contribution < 1.29 is 9.90 Å². The molecule has 1 aliphatic heterocycles. The number of carbonyl (C=O) groups excluding carboxylic acids is 1. The van der Waals surface area contributed by atoms with Crippen LogP contribution in [-0.2, 0) is 6.42 Å². The number of phenols is 1. The first-order chi connectivity index (χ1) is 16.0. The van der Waals surface area contributed by atoms with Crippen molar-refractivity contribution in [3.63, 3.8) is 0 Å². The van der Waals surface area contributed by atoms with Gasteiger partial charge in [0.15, 0.2) is 0 Å². The molecule has 6 heteroatoms. The number of hydrogen-bond donors (Lipinski definition) is 3. The van der Waals surface area contributed by atoms with Crippen molar-refractivity contribution in [3.05, 3.63) is 105 Å². The second-order valence-corrected chi connectivity index (χ2v) is 9.41. The molecule has 0 saturated carbocycles. The van der Waals surface area contributed by atoms with Crippen LogP contribution in [0, 0.1) is 5.92 Å². The number of benzene rings is 3. The van der Waals surface area contributed by atoms with Crippen LogP contribution in [0.25, 0.3) is 0 Å². The Balaban J connectivity index is 1.45. The molecule has 3 atom stereocenters. The lowest BCUT2D eigenvalue weighted by atomic mass is 9.76. The van der Waals surface area contributed by atoms with E-state index in [1.807, 2.05) is 30.3 Å². The molecule has 4 nitrogen and oxygen atoms in total. The van der Waals surface area contributed by atoms with Gasteiger partial charge in [-0.05, 0) is 48.1 Å². The van der Waals surface area contributed by atoms with E-state index in [0.717, 1.165) is 24.1 Å². The summed E-state index contributed by atoms with van der Waals surface area (Å²) in [6.07, 6.45) is 5.98. The average molecular weight is 479 g/mol. The molecule has 1 amide bonds. The molecule has 168 valence electrons. The van der Waals surface area contributed by atoms with Crippen LogP contribution in [0.15, 0.2) is 72.8 Å². The molecule has 2 aliphatic rings. The molecule has 3 aromatic rings. The lowest BCUT2D eigenvalue weighted by Gasteiger charge is -2.38. The summed E-state index contributed by atoms with van der Waals surface area (Å²) in [6, 6.07) is 19.0. The van der Waals surface area contributed by atoms with Gasteiger partial charge in [0.2, 0.25) is 0 Å². The van der Waals surface area contributed by atoms with Crippen molar-refractivity contribution in [2.75, 3.05) is 11.9 Å². The van der Waals surface area contributed by atoms with Gasteiger partial charge in [-0.1, -0.05) is 77.8 Å². The van der Waals surface area contributed by atoms with Gasteiger partial charge in [0, 0.05) is 23.0 Å². The van der Waals surface area contributed by atoms with Gasteiger partial charge in [0.05, 0.1) is 22.3 Å². The molecule has 0 aromatic heterocycles. The first-order valence-electron chi connectivity index (χ1n) is 11.1. The summed E-state index contributed by atoms with van der Waals surface area (Å²) in [6.45, 7) is 0.548. The average Bonchev–Trinajstić information content (AvgIpc) is 3.31. The maximum atomic E-state index is 13.2. The summed E-state index contributed by atoms with van der Waals surface area (Å²) >= 11 is 12.5. The lowest BCUT2D eigenvalue weighted by molar-refractivity contribution is 0.0954. The first-order valence-corrected chi connectivity index (χ1v) is 11.8. The number of carbonyl (C=O) groups is 1. The summed E-state index contributed by atoms with van der Waals surface area (Å²) in [5, 5.41) is 18.0. The smallest absolute Gasteiger partial charge is 0.253 e. The second kappa shape index (κ2) is 9.12. The minimum absolute atomic E-state index is 0.0254. The largest absolute Gasteiger partial charge is 0.506 e. The highest BCUT2D eigenvalue weighted by Crippen LogP contribution is 2.52. The molecule has 1 aliphatic carbocycles. The van der Waals surface area contributed by atoms with Gasteiger partial charge in [-0.15, -0.1) is 0 Å². The molecular formula is C27H24Cl2N2O2. The van der Waals surface area contributed by atoms with E-state index in [0.29, 0.717) is 22.7 Å². The molecule has 0 spiro atoms. The van der Waals surface area contributed by atoms with Crippen LogP contribution in [0.4, 0.5) is 5.69 Å². The Labute approximate surface area is 203 Å². The molecule has 1 heterocycles. The van der Waals surface area contributed by atoms with Gasteiger partial charge in [-0.3, -0.25) is 4.79 Å². The van der Waals surface area contributed by atoms with Crippen molar-refractivity contribution in [2.45, 2.75) is 24.8 Å².